The monoisotopic (exact) mass is 314 g/mol. The van der Waals surface area contributed by atoms with Crippen molar-refractivity contribution >= 4 is 37.5 Å². The van der Waals surface area contributed by atoms with E-state index in [4.69, 9.17) is 5.11 Å². The number of fused-ring (bicyclic) bond motifs is 1. The zero-order valence-electron chi connectivity index (χ0n) is 11.0. The average molecular weight is 314 g/mol. The number of benzene rings is 1. The van der Waals surface area contributed by atoms with Crippen molar-refractivity contribution < 1.29 is 18.3 Å². The van der Waals surface area contributed by atoms with E-state index in [2.05, 4.69) is 4.98 Å². The summed E-state index contributed by atoms with van der Waals surface area (Å²) in [5.41, 5.74) is 0.810. The van der Waals surface area contributed by atoms with E-state index >= 15 is 0 Å². The van der Waals surface area contributed by atoms with Crippen molar-refractivity contribution in [3.8, 4) is 0 Å². The number of carboxylic acid groups (broad SMARTS) is 1. The molecule has 108 valence electrons. The van der Waals surface area contributed by atoms with Crippen molar-refractivity contribution in [2.45, 2.75) is 18.7 Å². The van der Waals surface area contributed by atoms with Gasteiger partial charge in [0.2, 0.25) is 10.0 Å². The van der Waals surface area contributed by atoms with E-state index in [1.165, 1.54) is 18.4 Å². The van der Waals surface area contributed by atoms with Crippen LogP contribution in [0.1, 0.15) is 11.9 Å². The maximum atomic E-state index is 12.0. The van der Waals surface area contributed by atoms with Crippen LogP contribution in [0.5, 0.6) is 0 Å². The van der Waals surface area contributed by atoms with Crippen molar-refractivity contribution in [2.24, 2.45) is 0 Å². The second-order valence-electron chi connectivity index (χ2n) is 4.36. The molecular formula is C12H14N2O4S2. The fourth-order valence-corrected chi connectivity index (χ4v) is 3.86. The minimum Gasteiger partial charge on any atom is -0.480 e. The summed E-state index contributed by atoms with van der Waals surface area (Å²) in [5.74, 6) is -1.36. The highest BCUT2D eigenvalue weighted by Gasteiger charge is 2.32. The predicted molar refractivity (Wildman–Crippen MR) is 77.1 cm³/mol. The quantitative estimate of drug-likeness (QED) is 0.904. The molecule has 0 saturated carbocycles. The van der Waals surface area contributed by atoms with Gasteiger partial charge in [-0.1, -0.05) is 12.1 Å². The summed E-state index contributed by atoms with van der Waals surface area (Å²) in [4.78, 5) is 15.2. The van der Waals surface area contributed by atoms with Crippen LogP contribution < -0.4 is 0 Å². The van der Waals surface area contributed by atoms with E-state index in [-0.39, 0.29) is 6.54 Å². The Kier molecular flexibility index (Phi) is 4.07. The van der Waals surface area contributed by atoms with E-state index in [0.29, 0.717) is 5.01 Å². The summed E-state index contributed by atoms with van der Waals surface area (Å²) in [6, 6.07) is 7.50. The highest BCUT2D eigenvalue weighted by molar-refractivity contribution is 7.90. The Labute approximate surface area is 120 Å². The van der Waals surface area contributed by atoms with Crippen molar-refractivity contribution in [1.29, 1.82) is 0 Å². The smallest absolute Gasteiger partial charge is 0.323 e. The fourth-order valence-electron chi connectivity index (χ4n) is 1.67. The molecule has 6 nitrogen and oxygen atoms in total. The molecule has 1 aromatic heterocycles. The number of sulfonamides is 1. The van der Waals surface area contributed by atoms with Crippen LogP contribution in [-0.2, 0) is 21.4 Å². The molecule has 1 heterocycles. The van der Waals surface area contributed by atoms with Crippen molar-refractivity contribution in [3.05, 3.63) is 29.3 Å². The lowest BCUT2D eigenvalue weighted by molar-refractivity contribution is -0.136. The number of aliphatic carboxylic acids is 1. The number of nitrogens with zero attached hydrogens (tertiary/aromatic N) is 2. The summed E-state index contributed by atoms with van der Waals surface area (Å²) in [7, 11) is -2.51. The Balaban J connectivity index is 2.23. The summed E-state index contributed by atoms with van der Waals surface area (Å²) < 4.78 is 26.0. The minimum absolute atomic E-state index is 0.0687. The lowest BCUT2D eigenvalue weighted by Crippen LogP contribution is -2.38. The van der Waals surface area contributed by atoms with Gasteiger partial charge < -0.3 is 5.11 Å². The predicted octanol–water partition coefficient (Wildman–Crippen LogP) is 1.53. The normalized spacial score (nSPS) is 13.8. The number of thiazole rings is 1. The van der Waals surface area contributed by atoms with Gasteiger partial charge in [0.25, 0.3) is 0 Å². The lowest BCUT2D eigenvalue weighted by Gasteiger charge is -2.18. The average Bonchev–Trinajstić information content (AvgIpc) is 2.79. The molecule has 0 aliphatic rings. The molecule has 0 saturated heterocycles. The molecule has 0 bridgehead atoms. The number of rotatable bonds is 5. The van der Waals surface area contributed by atoms with Gasteiger partial charge in [0.15, 0.2) is 5.25 Å². The Morgan fingerprint density at radius 2 is 2.10 bits per heavy atom. The number of carboxylic acids is 1. The molecule has 8 heteroatoms. The molecule has 0 aliphatic heterocycles. The first kappa shape index (κ1) is 14.9. The highest BCUT2D eigenvalue weighted by Crippen LogP contribution is 2.23. The van der Waals surface area contributed by atoms with Crippen LogP contribution in [0.2, 0.25) is 0 Å². The van der Waals surface area contributed by atoms with E-state index in [1.54, 1.807) is 0 Å². The molecule has 0 radical (unpaired) electrons. The molecule has 0 fully saturated rings. The van der Waals surface area contributed by atoms with Gasteiger partial charge in [-0.25, -0.2) is 13.4 Å². The largest absolute Gasteiger partial charge is 0.480 e. The van der Waals surface area contributed by atoms with Crippen LogP contribution in [-0.4, -0.2) is 41.1 Å². The Bertz CT molecular complexity index is 706. The summed E-state index contributed by atoms with van der Waals surface area (Å²) in [6.07, 6.45) is 0. The Morgan fingerprint density at radius 1 is 1.45 bits per heavy atom. The molecule has 1 atom stereocenters. The van der Waals surface area contributed by atoms with Gasteiger partial charge in [-0.3, -0.25) is 4.79 Å². The molecule has 0 aliphatic carbocycles. The topological polar surface area (TPSA) is 87.6 Å². The number of hydrogen-bond donors (Lipinski definition) is 1. The molecular weight excluding hydrogens is 300 g/mol. The minimum atomic E-state index is -3.87. The molecule has 1 aromatic carbocycles. The molecule has 0 amide bonds. The van der Waals surface area contributed by atoms with Crippen LogP contribution in [0, 0.1) is 0 Å². The van der Waals surface area contributed by atoms with Gasteiger partial charge in [0, 0.05) is 7.05 Å². The first-order valence-corrected chi connectivity index (χ1v) is 8.16. The van der Waals surface area contributed by atoms with Gasteiger partial charge >= 0.3 is 5.97 Å². The van der Waals surface area contributed by atoms with Crippen LogP contribution in [0.15, 0.2) is 24.3 Å². The molecule has 0 spiro atoms. The van der Waals surface area contributed by atoms with Gasteiger partial charge in [0.1, 0.15) is 5.01 Å². The molecule has 1 N–H and O–H groups in total. The number of carbonyl (C=O) groups is 1. The zero-order chi connectivity index (χ0) is 14.9. The summed E-state index contributed by atoms with van der Waals surface area (Å²) in [6.45, 7) is 1.23. The van der Waals surface area contributed by atoms with Crippen molar-refractivity contribution in [2.75, 3.05) is 7.05 Å². The van der Waals surface area contributed by atoms with Crippen LogP contribution >= 0.6 is 11.3 Å². The molecule has 2 aromatic rings. The fraction of sp³-hybridized carbons (Fsp3) is 0.333. The van der Waals surface area contributed by atoms with Crippen LogP contribution in [0.25, 0.3) is 10.2 Å². The summed E-state index contributed by atoms with van der Waals surface area (Å²) in [5, 5.41) is 7.99. The molecule has 1 unspecified atom stereocenters. The number of para-hydroxylation sites is 1. The zero-order valence-corrected chi connectivity index (χ0v) is 12.6. The van der Waals surface area contributed by atoms with Crippen LogP contribution in [0.3, 0.4) is 0 Å². The maximum Gasteiger partial charge on any atom is 0.323 e. The highest BCUT2D eigenvalue weighted by atomic mass is 32.2. The maximum absolute atomic E-state index is 12.0. The van der Waals surface area contributed by atoms with Crippen LogP contribution in [0.4, 0.5) is 0 Å². The van der Waals surface area contributed by atoms with Gasteiger partial charge in [0.05, 0.1) is 16.8 Å². The first-order chi connectivity index (χ1) is 9.32. The third kappa shape index (κ3) is 2.82. The molecule has 20 heavy (non-hydrogen) atoms. The Morgan fingerprint density at radius 3 is 2.70 bits per heavy atom. The van der Waals surface area contributed by atoms with E-state index in [1.807, 2.05) is 24.3 Å². The third-order valence-electron chi connectivity index (χ3n) is 2.93. The van der Waals surface area contributed by atoms with Crippen molar-refractivity contribution in [1.82, 2.24) is 9.29 Å². The van der Waals surface area contributed by atoms with E-state index in [0.717, 1.165) is 21.4 Å². The second kappa shape index (κ2) is 5.47. The number of hydrogen-bond acceptors (Lipinski definition) is 5. The second-order valence-corrected chi connectivity index (χ2v) is 7.83. The SMILES string of the molecule is CC(C(=O)O)S(=O)(=O)N(C)Cc1nc2ccccc2s1. The Hall–Kier alpha value is -1.51. The van der Waals surface area contributed by atoms with Gasteiger partial charge in [-0.15, -0.1) is 11.3 Å². The summed E-state index contributed by atoms with van der Waals surface area (Å²) >= 11 is 1.40. The number of aromatic nitrogens is 1. The van der Waals surface area contributed by atoms with Gasteiger partial charge in [-0.2, -0.15) is 4.31 Å². The van der Waals surface area contributed by atoms with E-state index in [9.17, 15) is 13.2 Å². The third-order valence-corrected chi connectivity index (χ3v) is 6.04. The van der Waals surface area contributed by atoms with E-state index < -0.39 is 21.2 Å². The molecule has 2 rings (SSSR count). The first-order valence-electron chi connectivity index (χ1n) is 5.85. The lowest BCUT2D eigenvalue weighted by atomic mass is 10.3. The van der Waals surface area contributed by atoms with Gasteiger partial charge in [-0.05, 0) is 19.1 Å². The standard InChI is InChI=1S/C12H14N2O4S2/c1-8(12(15)16)20(17,18)14(2)7-11-13-9-5-3-4-6-10(9)19-11/h3-6,8H,7H2,1-2H3,(H,15,16). The van der Waals surface area contributed by atoms with Crippen molar-refractivity contribution in [3.63, 3.8) is 0 Å².